The first-order chi connectivity index (χ1) is 10.3. The van der Waals surface area contributed by atoms with Crippen LogP contribution >= 0.6 is 0 Å². The average Bonchev–Trinajstić information content (AvgIpc) is 2.54. The van der Waals surface area contributed by atoms with Crippen LogP contribution in [0.4, 0.5) is 0 Å². The first kappa shape index (κ1) is 15.8. The molecule has 2 N–H and O–H groups in total. The van der Waals surface area contributed by atoms with Gasteiger partial charge in [-0.1, -0.05) is 19.3 Å². The number of carbonyl (C=O) groups excluding carboxylic acids is 1. The summed E-state index contributed by atoms with van der Waals surface area (Å²) >= 11 is 0. The van der Waals surface area contributed by atoms with Crippen LogP contribution in [0.15, 0.2) is 24.3 Å². The fourth-order valence-electron chi connectivity index (χ4n) is 2.65. The van der Waals surface area contributed by atoms with E-state index < -0.39 is 0 Å². The fraction of sp³-hybridized carbons (Fsp3) is 0.588. The molecule has 0 spiro atoms. The van der Waals surface area contributed by atoms with Crippen molar-refractivity contribution in [3.63, 3.8) is 0 Å². The Morgan fingerprint density at radius 1 is 1.19 bits per heavy atom. The van der Waals surface area contributed by atoms with Crippen LogP contribution in [-0.4, -0.2) is 30.8 Å². The molecule has 0 aliphatic heterocycles. The maximum Gasteiger partial charge on any atom is 0.251 e. The van der Waals surface area contributed by atoms with Crippen LogP contribution in [0.3, 0.4) is 0 Å². The van der Waals surface area contributed by atoms with Crippen LogP contribution < -0.4 is 10.1 Å². The molecule has 0 atom stereocenters. The Morgan fingerprint density at radius 3 is 2.57 bits per heavy atom. The van der Waals surface area contributed by atoms with Crippen molar-refractivity contribution < 1.29 is 14.6 Å². The number of benzene rings is 1. The quantitative estimate of drug-likeness (QED) is 0.759. The van der Waals surface area contributed by atoms with Gasteiger partial charge in [0.2, 0.25) is 0 Å². The monoisotopic (exact) mass is 291 g/mol. The SMILES string of the molecule is O=C(NCCCO)c1ccc(OCC2CCCCC2)cc1. The predicted molar refractivity (Wildman–Crippen MR) is 82.5 cm³/mol. The zero-order valence-corrected chi connectivity index (χ0v) is 12.5. The largest absolute Gasteiger partial charge is 0.493 e. The highest BCUT2D eigenvalue weighted by Gasteiger charge is 2.14. The van der Waals surface area contributed by atoms with Gasteiger partial charge in [-0.25, -0.2) is 0 Å². The molecule has 1 aromatic carbocycles. The average molecular weight is 291 g/mol. The zero-order chi connectivity index (χ0) is 14.9. The van der Waals surface area contributed by atoms with Crippen molar-refractivity contribution in [3.05, 3.63) is 29.8 Å². The lowest BCUT2D eigenvalue weighted by atomic mass is 9.90. The number of carbonyl (C=O) groups is 1. The number of ether oxygens (including phenoxy) is 1. The van der Waals surface area contributed by atoms with Crippen LogP contribution in [-0.2, 0) is 0 Å². The normalized spacial score (nSPS) is 15.7. The molecule has 1 aromatic rings. The van der Waals surface area contributed by atoms with Gasteiger partial charge in [-0.15, -0.1) is 0 Å². The molecule has 1 aliphatic carbocycles. The summed E-state index contributed by atoms with van der Waals surface area (Å²) in [5.74, 6) is 1.40. The number of hydrogen-bond donors (Lipinski definition) is 2. The Labute approximate surface area is 126 Å². The van der Waals surface area contributed by atoms with Crippen molar-refractivity contribution in [2.24, 2.45) is 5.92 Å². The van der Waals surface area contributed by atoms with E-state index in [1.54, 1.807) is 12.1 Å². The van der Waals surface area contributed by atoms with E-state index in [0.717, 1.165) is 12.4 Å². The van der Waals surface area contributed by atoms with E-state index in [1.165, 1.54) is 32.1 Å². The van der Waals surface area contributed by atoms with Gasteiger partial charge in [0.1, 0.15) is 5.75 Å². The summed E-state index contributed by atoms with van der Waals surface area (Å²) in [6, 6.07) is 7.27. The molecular formula is C17H25NO3. The number of amides is 1. The minimum Gasteiger partial charge on any atom is -0.493 e. The van der Waals surface area contributed by atoms with Crippen molar-refractivity contribution in [1.82, 2.24) is 5.32 Å². The molecule has 0 bridgehead atoms. The van der Waals surface area contributed by atoms with Crippen LogP contribution in [0.2, 0.25) is 0 Å². The standard InChI is InChI=1S/C17H25NO3/c19-12-4-11-18-17(20)15-7-9-16(10-8-15)21-13-14-5-2-1-3-6-14/h7-10,14,19H,1-6,11-13H2,(H,18,20). The number of hydrogen-bond acceptors (Lipinski definition) is 3. The van der Waals surface area contributed by atoms with Gasteiger partial charge in [0.05, 0.1) is 6.61 Å². The molecule has 0 saturated heterocycles. The summed E-state index contributed by atoms with van der Waals surface area (Å²) in [5, 5.41) is 11.4. The minimum atomic E-state index is -0.109. The first-order valence-corrected chi connectivity index (χ1v) is 7.91. The maximum atomic E-state index is 11.8. The van der Waals surface area contributed by atoms with Gasteiger partial charge in [-0.05, 0) is 49.4 Å². The summed E-state index contributed by atoms with van der Waals surface area (Å²) < 4.78 is 5.81. The Morgan fingerprint density at radius 2 is 1.90 bits per heavy atom. The lowest BCUT2D eigenvalue weighted by Gasteiger charge is -2.21. The van der Waals surface area contributed by atoms with Crippen molar-refractivity contribution in [2.45, 2.75) is 38.5 Å². The highest BCUT2D eigenvalue weighted by atomic mass is 16.5. The second-order valence-electron chi connectivity index (χ2n) is 5.67. The van der Waals surface area contributed by atoms with Gasteiger partial charge in [-0.2, -0.15) is 0 Å². The zero-order valence-electron chi connectivity index (χ0n) is 12.5. The molecule has 0 radical (unpaired) electrons. The Bertz CT molecular complexity index is 424. The third kappa shape index (κ3) is 5.38. The van der Waals surface area contributed by atoms with Crippen LogP contribution in [0.25, 0.3) is 0 Å². The summed E-state index contributed by atoms with van der Waals surface area (Å²) in [4.78, 5) is 11.8. The van der Waals surface area contributed by atoms with E-state index in [0.29, 0.717) is 24.4 Å². The summed E-state index contributed by atoms with van der Waals surface area (Å²) in [6.07, 6.45) is 7.11. The molecule has 2 rings (SSSR count). The molecule has 1 saturated carbocycles. The van der Waals surface area contributed by atoms with E-state index in [9.17, 15) is 4.79 Å². The molecule has 4 heteroatoms. The van der Waals surface area contributed by atoms with E-state index >= 15 is 0 Å². The maximum absolute atomic E-state index is 11.8. The Kier molecular flexibility index (Phi) is 6.54. The van der Waals surface area contributed by atoms with Crippen LogP contribution in [0, 0.1) is 5.92 Å². The lowest BCUT2D eigenvalue weighted by molar-refractivity contribution is 0.0951. The predicted octanol–water partition coefficient (Wildman–Crippen LogP) is 2.76. The highest BCUT2D eigenvalue weighted by molar-refractivity contribution is 5.94. The van der Waals surface area contributed by atoms with E-state index in [4.69, 9.17) is 9.84 Å². The smallest absolute Gasteiger partial charge is 0.251 e. The molecule has 4 nitrogen and oxygen atoms in total. The molecule has 1 aliphatic rings. The summed E-state index contributed by atoms with van der Waals surface area (Å²) in [6.45, 7) is 1.37. The fourth-order valence-corrected chi connectivity index (χ4v) is 2.65. The molecule has 1 amide bonds. The van der Waals surface area contributed by atoms with Crippen molar-refractivity contribution >= 4 is 5.91 Å². The number of aliphatic hydroxyl groups is 1. The summed E-state index contributed by atoms with van der Waals surface area (Å²) in [5.41, 5.74) is 0.623. The highest BCUT2D eigenvalue weighted by Crippen LogP contribution is 2.24. The van der Waals surface area contributed by atoms with E-state index in [2.05, 4.69) is 5.32 Å². The van der Waals surface area contributed by atoms with E-state index in [-0.39, 0.29) is 12.5 Å². The third-order valence-corrected chi connectivity index (χ3v) is 3.95. The minimum absolute atomic E-state index is 0.0915. The van der Waals surface area contributed by atoms with E-state index in [1.807, 2.05) is 12.1 Å². The Balaban J connectivity index is 1.76. The second-order valence-corrected chi connectivity index (χ2v) is 5.67. The molecule has 0 unspecified atom stereocenters. The number of aliphatic hydroxyl groups excluding tert-OH is 1. The molecule has 116 valence electrons. The van der Waals surface area contributed by atoms with Gasteiger partial charge in [-0.3, -0.25) is 4.79 Å². The number of nitrogens with one attached hydrogen (secondary N) is 1. The third-order valence-electron chi connectivity index (χ3n) is 3.95. The van der Waals surface area contributed by atoms with Crippen LogP contribution in [0.5, 0.6) is 5.75 Å². The van der Waals surface area contributed by atoms with Gasteiger partial charge >= 0.3 is 0 Å². The van der Waals surface area contributed by atoms with Crippen molar-refractivity contribution in [2.75, 3.05) is 19.8 Å². The second kappa shape index (κ2) is 8.67. The van der Waals surface area contributed by atoms with Crippen molar-refractivity contribution in [1.29, 1.82) is 0 Å². The molecule has 0 heterocycles. The molecular weight excluding hydrogens is 266 g/mol. The Hall–Kier alpha value is -1.55. The lowest BCUT2D eigenvalue weighted by Crippen LogP contribution is -2.24. The van der Waals surface area contributed by atoms with Crippen LogP contribution in [0.1, 0.15) is 48.9 Å². The number of rotatable bonds is 7. The van der Waals surface area contributed by atoms with Crippen molar-refractivity contribution in [3.8, 4) is 5.75 Å². The molecule has 21 heavy (non-hydrogen) atoms. The molecule has 0 aromatic heterocycles. The van der Waals surface area contributed by atoms with Gasteiger partial charge < -0.3 is 15.2 Å². The molecule has 1 fully saturated rings. The van der Waals surface area contributed by atoms with Gasteiger partial charge in [0.15, 0.2) is 0 Å². The topological polar surface area (TPSA) is 58.6 Å². The van der Waals surface area contributed by atoms with Gasteiger partial charge in [0, 0.05) is 18.7 Å². The van der Waals surface area contributed by atoms with Gasteiger partial charge in [0.25, 0.3) is 5.91 Å². The first-order valence-electron chi connectivity index (χ1n) is 7.91. The summed E-state index contributed by atoms with van der Waals surface area (Å²) in [7, 11) is 0.